The molecule has 1 heterocycles. The molecule has 18 heavy (non-hydrogen) atoms. The summed E-state index contributed by atoms with van der Waals surface area (Å²) in [5.41, 5.74) is -0.665. The molecule has 3 nitrogen and oxygen atoms in total. The predicted octanol–water partition coefficient (Wildman–Crippen LogP) is 2.53. The van der Waals surface area contributed by atoms with Crippen molar-refractivity contribution >= 4 is 5.91 Å². The van der Waals surface area contributed by atoms with Gasteiger partial charge in [0.2, 0.25) is 0 Å². The van der Waals surface area contributed by atoms with Gasteiger partial charge in [-0.3, -0.25) is 4.79 Å². The van der Waals surface area contributed by atoms with Gasteiger partial charge < -0.3 is 4.90 Å². The van der Waals surface area contributed by atoms with Gasteiger partial charge in [0.05, 0.1) is 11.6 Å². The number of carbonyl (C=O) groups is 1. The monoisotopic (exact) mass is 254 g/mol. The third kappa shape index (κ3) is 1.47. The molecule has 0 spiro atoms. The summed E-state index contributed by atoms with van der Waals surface area (Å²) in [7, 11) is 0. The molecule has 0 N–H and O–H groups in total. The Morgan fingerprint density at radius 1 is 1.33 bits per heavy atom. The van der Waals surface area contributed by atoms with Crippen LogP contribution < -0.4 is 0 Å². The summed E-state index contributed by atoms with van der Waals surface area (Å²) in [6.07, 6.45) is 0. The number of nitrogens with zero attached hydrogens (tertiary/aromatic N) is 2. The Kier molecular flexibility index (Phi) is 2.77. The third-order valence-electron chi connectivity index (χ3n) is 2.89. The summed E-state index contributed by atoms with van der Waals surface area (Å²) in [5, 5.41) is 9.02. The lowest BCUT2D eigenvalue weighted by atomic mass is 10.0. The van der Waals surface area contributed by atoms with Gasteiger partial charge in [-0.15, -0.1) is 0 Å². The van der Waals surface area contributed by atoms with Gasteiger partial charge in [0.25, 0.3) is 5.91 Å². The van der Waals surface area contributed by atoms with Crippen LogP contribution in [0.2, 0.25) is 0 Å². The van der Waals surface area contributed by atoms with Gasteiger partial charge in [-0.1, -0.05) is 0 Å². The minimum atomic E-state index is -1.69. The van der Waals surface area contributed by atoms with E-state index in [1.807, 2.05) is 0 Å². The molecule has 1 aromatic rings. The summed E-state index contributed by atoms with van der Waals surface area (Å²) in [4.78, 5) is 13.0. The molecule has 0 aliphatic carbocycles. The number of carbonyl (C=O) groups excluding carboxylic acids is 1. The molecule has 94 valence electrons. The van der Waals surface area contributed by atoms with Gasteiger partial charge in [-0.05, 0) is 19.9 Å². The Hall–Kier alpha value is -2.03. The van der Waals surface area contributed by atoms with Gasteiger partial charge in [0.15, 0.2) is 17.5 Å². The molecule has 1 atom stereocenters. The first-order chi connectivity index (χ1) is 8.40. The largest absolute Gasteiger partial charge is 0.316 e. The third-order valence-corrected chi connectivity index (χ3v) is 2.89. The summed E-state index contributed by atoms with van der Waals surface area (Å²) >= 11 is 0. The van der Waals surface area contributed by atoms with Crippen LogP contribution in [0.4, 0.5) is 13.2 Å². The molecular formula is C12H9F3N2O. The Labute approximate surface area is 101 Å². The van der Waals surface area contributed by atoms with E-state index in [1.165, 1.54) is 0 Å². The van der Waals surface area contributed by atoms with Gasteiger partial charge in [-0.2, -0.15) is 5.26 Å². The van der Waals surface area contributed by atoms with E-state index in [9.17, 15) is 18.0 Å². The molecule has 0 fully saturated rings. The number of benzene rings is 1. The minimum absolute atomic E-state index is 0.118. The molecular weight excluding hydrogens is 245 g/mol. The van der Waals surface area contributed by atoms with Crippen LogP contribution in [0.5, 0.6) is 0 Å². The van der Waals surface area contributed by atoms with E-state index in [1.54, 1.807) is 19.9 Å². The Morgan fingerprint density at radius 3 is 2.44 bits per heavy atom. The quantitative estimate of drug-likeness (QED) is 0.723. The van der Waals surface area contributed by atoms with Crippen molar-refractivity contribution in [2.24, 2.45) is 0 Å². The van der Waals surface area contributed by atoms with Crippen LogP contribution in [-0.4, -0.2) is 16.8 Å². The number of nitriles is 1. The second-order valence-electron chi connectivity index (χ2n) is 4.29. The highest BCUT2D eigenvalue weighted by Crippen LogP contribution is 2.37. The second kappa shape index (κ2) is 4.02. The summed E-state index contributed by atoms with van der Waals surface area (Å²) in [5.74, 6) is -5.41. The maximum atomic E-state index is 13.6. The maximum absolute atomic E-state index is 13.6. The van der Waals surface area contributed by atoms with Crippen molar-refractivity contribution < 1.29 is 18.0 Å². The number of hydrogen-bond donors (Lipinski definition) is 0. The molecule has 1 aliphatic heterocycles. The zero-order chi connectivity index (χ0) is 13.6. The Bertz CT molecular complexity index is 578. The molecule has 0 bridgehead atoms. The molecule has 0 saturated heterocycles. The minimum Gasteiger partial charge on any atom is -0.316 e. The molecule has 2 rings (SSSR count). The molecule has 0 saturated carbocycles. The highest BCUT2D eigenvalue weighted by molar-refractivity contribution is 6.00. The maximum Gasteiger partial charge on any atom is 0.258 e. The SMILES string of the molecule is CC(C)N1C(=O)c2c(cc(F)c(F)c2F)C1C#N. The van der Waals surface area contributed by atoms with Gasteiger partial charge in [-0.25, -0.2) is 13.2 Å². The molecule has 1 amide bonds. The number of hydrogen-bond acceptors (Lipinski definition) is 2. The van der Waals surface area contributed by atoms with Crippen LogP contribution in [0.25, 0.3) is 0 Å². The number of halogens is 3. The van der Waals surface area contributed by atoms with Crippen LogP contribution in [0.15, 0.2) is 6.07 Å². The van der Waals surface area contributed by atoms with E-state index in [2.05, 4.69) is 0 Å². The predicted molar refractivity (Wildman–Crippen MR) is 56.0 cm³/mol. The summed E-state index contributed by atoms with van der Waals surface area (Å²) in [6.45, 7) is 3.28. The van der Waals surface area contributed by atoms with E-state index >= 15 is 0 Å². The normalized spacial score (nSPS) is 18.2. The standard InChI is InChI=1S/C12H9F3N2O/c1-5(2)17-8(4-16)6-3-7(13)10(14)11(15)9(6)12(17)18/h3,5,8H,1-2H3. The average molecular weight is 254 g/mol. The topological polar surface area (TPSA) is 44.1 Å². The number of fused-ring (bicyclic) bond motifs is 1. The molecule has 1 unspecified atom stereocenters. The fourth-order valence-corrected chi connectivity index (χ4v) is 2.11. The molecule has 0 aromatic heterocycles. The lowest BCUT2D eigenvalue weighted by Crippen LogP contribution is -2.34. The van der Waals surface area contributed by atoms with E-state index in [0.29, 0.717) is 6.07 Å². The zero-order valence-corrected chi connectivity index (χ0v) is 9.67. The second-order valence-corrected chi connectivity index (χ2v) is 4.29. The van der Waals surface area contributed by atoms with Crippen molar-refractivity contribution in [3.63, 3.8) is 0 Å². The fourth-order valence-electron chi connectivity index (χ4n) is 2.11. The average Bonchev–Trinajstić information content (AvgIpc) is 2.58. The molecule has 0 radical (unpaired) electrons. The smallest absolute Gasteiger partial charge is 0.258 e. The molecule has 1 aromatic carbocycles. The highest BCUT2D eigenvalue weighted by atomic mass is 19.2. The van der Waals surface area contributed by atoms with Crippen LogP contribution in [0.1, 0.15) is 35.8 Å². The Balaban J connectivity index is 2.72. The van der Waals surface area contributed by atoms with Crippen molar-refractivity contribution in [1.82, 2.24) is 4.90 Å². The number of amides is 1. The van der Waals surface area contributed by atoms with E-state index in [-0.39, 0.29) is 11.6 Å². The van der Waals surface area contributed by atoms with Crippen LogP contribution >= 0.6 is 0 Å². The van der Waals surface area contributed by atoms with Crippen LogP contribution in [-0.2, 0) is 0 Å². The van der Waals surface area contributed by atoms with E-state index < -0.39 is 35.0 Å². The molecule has 6 heteroatoms. The van der Waals surface area contributed by atoms with E-state index in [4.69, 9.17) is 5.26 Å². The fraction of sp³-hybridized carbons (Fsp3) is 0.333. The van der Waals surface area contributed by atoms with Gasteiger partial charge in [0, 0.05) is 11.6 Å². The van der Waals surface area contributed by atoms with Crippen LogP contribution in [0, 0.1) is 28.8 Å². The van der Waals surface area contributed by atoms with Crippen molar-refractivity contribution in [2.45, 2.75) is 25.9 Å². The first-order valence-electron chi connectivity index (χ1n) is 5.29. The van der Waals surface area contributed by atoms with Gasteiger partial charge in [0.1, 0.15) is 6.04 Å². The lowest BCUT2D eigenvalue weighted by molar-refractivity contribution is 0.0700. The van der Waals surface area contributed by atoms with Crippen molar-refractivity contribution in [1.29, 1.82) is 5.26 Å². The van der Waals surface area contributed by atoms with Crippen molar-refractivity contribution in [2.75, 3.05) is 0 Å². The molecule has 1 aliphatic rings. The first kappa shape index (κ1) is 12.4. The van der Waals surface area contributed by atoms with Crippen molar-refractivity contribution in [3.05, 3.63) is 34.6 Å². The Morgan fingerprint density at radius 2 is 1.94 bits per heavy atom. The van der Waals surface area contributed by atoms with Crippen molar-refractivity contribution in [3.8, 4) is 6.07 Å². The summed E-state index contributed by atoms with van der Waals surface area (Å²) < 4.78 is 39.8. The van der Waals surface area contributed by atoms with Gasteiger partial charge >= 0.3 is 0 Å². The van der Waals surface area contributed by atoms with Crippen LogP contribution in [0.3, 0.4) is 0 Å². The zero-order valence-electron chi connectivity index (χ0n) is 9.67. The highest BCUT2D eigenvalue weighted by Gasteiger charge is 2.42. The number of rotatable bonds is 1. The lowest BCUT2D eigenvalue weighted by Gasteiger charge is -2.24. The summed E-state index contributed by atoms with van der Waals surface area (Å²) in [6, 6.07) is 1.05. The first-order valence-corrected chi connectivity index (χ1v) is 5.29. The van der Waals surface area contributed by atoms with E-state index in [0.717, 1.165) is 4.90 Å².